The first-order chi connectivity index (χ1) is 12.3. The molecule has 1 N–H and O–H groups in total. The van der Waals surface area contributed by atoms with Gasteiger partial charge in [-0.3, -0.25) is 4.79 Å². The van der Waals surface area contributed by atoms with Crippen LogP contribution in [0.3, 0.4) is 0 Å². The topological polar surface area (TPSA) is 58.4 Å². The van der Waals surface area contributed by atoms with Gasteiger partial charge in [0.1, 0.15) is 5.69 Å². The van der Waals surface area contributed by atoms with E-state index >= 15 is 0 Å². The predicted octanol–water partition coefficient (Wildman–Crippen LogP) is 3.80. The van der Waals surface area contributed by atoms with Gasteiger partial charge in [0, 0.05) is 18.7 Å². The summed E-state index contributed by atoms with van der Waals surface area (Å²) >= 11 is 1.14. The minimum Gasteiger partial charge on any atom is -0.351 e. The van der Waals surface area contributed by atoms with Gasteiger partial charge in [0.15, 0.2) is 0 Å². The van der Waals surface area contributed by atoms with E-state index in [2.05, 4.69) is 15.0 Å². The van der Waals surface area contributed by atoms with Crippen LogP contribution in [-0.4, -0.2) is 42.6 Å². The number of halogens is 3. The fourth-order valence-corrected chi connectivity index (χ4v) is 4.28. The second-order valence-corrected chi connectivity index (χ2v) is 7.55. The number of nitrogens with zero attached hydrogens (tertiary/aromatic N) is 2. The molecule has 0 bridgehead atoms. The molecule has 9 heteroatoms. The van der Waals surface area contributed by atoms with E-state index in [-0.39, 0.29) is 17.2 Å². The van der Waals surface area contributed by atoms with Crippen molar-refractivity contribution in [3.63, 3.8) is 0 Å². The number of alkyl halides is 3. The first-order valence-corrected chi connectivity index (χ1v) is 9.20. The smallest absolute Gasteiger partial charge is 0.351 e. The maximum absolute atomic E-state index is 12.9. The zero-order chi connectivity index (χ0) is 18.9. The quantitative estimate of drug-likeness (QED) is 0.867. The molecule has 1 saturated heterocycles. The van der Waals surface area contributed by atoms with Crippen LogP contribution in [0.1, 0.15) is 33.8 Å². The van der Waals surface area contributed by atoms with Crippen LogP contribution in [0.15, 0.2) is 16.7 Å². The van der Waals surface area contributed by atoms with Crippen LogP contribution >= 0.6 is 11.3 Å². The van der Waals surface area contributed by atoms with Gasteiger partial charge in [-0.2, -0.15) is 13.2 Å². The summed E-state index contributed by atoms with van der Waals surface area (Å²) in [6.07, 6.45) is -2.55. The average Bonchev–Trinajstić information content (AvgIpc) is 3.20. The molecule has 1 aliphatic rings. The number of nitrogens with one attached hydrogen (secondary N) is 1. The molecule has 2 aromatic rings. The number of hydrogen-bond acceptors (Lipinski definition) is 5. The lowest BCUT2D eigenvalue weighted by Gasteiger charge is -2.32. The Kier molecular flexibility index (Phi) is 5.38. The molecule has 0 radical (unpaired) electrons. The van der Waals surface area contributed by atoms with Gasteiger partial charge in [-0.15, -0.1) is 11.3 Å². The molecule has 26 heavy (non-hydrogen) atoms. The van der Waals surface area contributed by atoms with Crippen molar-refractivity contribution < 1.29 is 22.5 Å². The maximum Gasteiger partial charge on any atom is 0.452 e. The Morgan fingerprint density at radius 3 is 2.88 bits per heavy atom. The summed E-state index contributed by atoms with van der Waals surface area (Å²) in [5.41, 5.74) is 0.0680. The zero-order valence-electron chi connectivity index (χ0n) is 14.5. The van der Waals surface area contributed by atoms with Gasteiger partial charge < -0.3 is 14.7 Å². The Balaban J connectivity index is 1.78. The Morgan fingerprint density at radius 1 is 1.46 bits per heavy atom. The highest BCUT2D eigenvalue weighted by molar-refractivity contribution is 7.17. The lowest BCUT2D eigenvalue weighted by Crippen LogP contribution is -2.42. The van der Waals surface area contributed by atoms with Crippen molar-refractivity contribution in [1.82, 2.24) is 15.4 Å². The molecule has 1 aliphatic heterocycles. The predicted molar refractivity (Wildman–Crippen MR) is 92.1 cm³/mol. The van der Waals surface area contributed by atoms with Crippen LogP contribution in [0.25, 0.3) is 10.6 Å². The molecule has 142 valence electrons. The van der Waals surface area contributed by atoms with Crippen molar-refractivity contribution in [3.05, 3.63) is 28.3 Å². The van der Waals surface area contributed by atoms with Crippen molar-refractivity contribution in [2.45, 2.75) is 25.9 Å². The van der Waals surface area contributed by atoms with Crippen molar-refractivity contribution >= 4 is 17.2 Å². The molecular formula is C17H20F3N3O2S. The summed E-state index contributed by atoms with van der Waals surface area (Å²) in [5, 5.41) is 6.69. The van der Waals surface area contributed by atoms with Gasteiger partial charge in [-0.05, 0) is 51.4 Å². The molecule has 3 heterocycles. The molecule has 2 aromatic heterocycles. The van der Waals surface area contributed by atoms with Crippen LogP contribution in [0.2, 0.25) is 0 Å². The van der Waals surface area contributed by atoms with E-state index in [4.69, 9.17) is 0 Å². The summed E-state index contributed by atoms with van der Waals surface area (Å²) in [6, 6.07) is 3.27. The second kappa shape index (κ2) is 7.40. The monoisotopic (exact) mass is 387 g/mol. The summed E-state index contributed by atoms with van der Waals surface area (Å²) in [4.78, 5) is 15.5. The number of aromatic nitrogens is 1. The van der Waals surface area contributed by atoms with Gasteiger partial charge in [-0.1, -0.05) is 5.16 Å². The van der Waals surface area contributed by atoms with Crippen molar-refractivity contribution in [3.8, 4) is 10.6 Å². The number of likely N-dealkylation sites (tertiary alicyclic amines) is 1. The number of piperidine rings is 1. The van der Waals surface area contributed by atoms with Gasteiger partial charge >= 0.3 is 6.18 Å². The summed E-state index contributed by atoms with van der Waals surface area (Å²) in [7, 11) is 1.89. The van der Waals surface area contributed by atoms with Crippen LogP contribution in [0.4, 0.5) is 13.2 Å². The molecule has 1 amide bonds. The molecule has 1 atom stereocenters. The van der Waals surface area contributed by atoms with E-state index in [1.165, 1.54) is 6.92 Å². The van der Waals surface area contributed by atoms with Crippen molar-refractivity contribution in [1.29, 1.82) is 0 Å². The largest absolute Gasteiger partial charge is 0.452 e. The number of amides is 1. The molecule has 3 rings (SSSR count). The Bertz CT molecular complexity index is 783. The highest BCUT2D eigenvalue weighted by atomic mass is 32.1. The standard InChI is InChI=1S/C17H20F3N3O2S/c1-10-14(22-25-15(10)17(18,19)20)12-5-6-13(26-12)16(24)23-7-3-4-11(9-23)8-21-2/h5-6,11,21H,3-4,7-9H2,1-2H3. The first-order valence-electron chi connectivity index (χ1n) is 8.38. The van der Waals surface area contributed by atoms with Crippen LogP contribution in [-0.2, 0) is 6.18 Å². The van der Waals surface area contributed by atoms with Gasteiger partial charge in [0.2, 0.25) is 5.76 Å². The number of thiophene rings is 1. The molecule has 0 aromatic carbocycles. The number of rotatable bonds is 4. The second-order valence-electron chi connectivity index (χ2n) is 6.46. The number of carbonyl (C=O) groups excluding carboxylic acids is 1. The van der Waals surface area contributed by atoms with E-state index in [0.29, 0.717) is 28.8 Å². The lowest BCUT2D eigenvalue weighted by molar-refractivity contribution is -0.156. The van der Waals surface area contributed by atoms with E-state index < -0.39 is 11.9 Å². The van der Waals surface area contributed by atoms with E-state index in [1.54, 1.807) is 12.1 Å². The fourth-order valence-electron chi connectivity index (χ4n) is 3.27. The Hall–Kier alpha value is -1.87. The average molecular weight is 387 g/mol. The lowest BCUT2D eigenvalue weighted by atomic mass is 9.98. The minimum absolute atomic E-state index is 0.0644. The molecular weight excluding hydrogens is 367 g/mol. The zero-order valence-corrected chi connectivity index (χ0v) is 15.3. The highest BCUT2D eigenvalue weighted by Crippen LogP contribution is 2.38. The summed E-state index contributed by atoms with van der Waals surface area (Å²) in [6.45, 7) is 3.57. The summed E-state index contributed by atoms with van der Waals surface area (Å²) in [5.74, 6) is -0.761. The SMILES string of the molecule is CNCC1CCCN(C(=O)c2ccc(-c3noc(C(F)(F)F)c3C)s2)C1. The number of hydrogen-bond donors (Lipinski definition) is 1. The molecule has 0 saturated carbocycles. The maximum atomic E-state index is 12.9. The van der Waals surface area contributed by atoms with Crippen LogP contribution < -0.4 is 5.32 Å². The molecule has 1 fully saturated rings. The third-order valence-corrected chi connectivity index (χ3v) is 5.61. The first kappa shape index (κ1) is 18.9. The van der Waals surface area contributed by atoms with Crippen molar-refractivity contribution in [2.75, 3.05) is 26.7 Å². The molecule has 0 aliphatic carbocycles. The fraction of sp³-hybridized carbons (Fsp3) is 0.529. The molecule has 5 nitrogen and oxygen atoms in total. The number of carbonyl (C=O) groups is 1. The van der Waals surface area contributed by atoms with E-state index in [9.17, 15) is 18.0 Å². The summed E-state index contributed by atoms with van der Waals surface area (Å²) < 4.78 is 43.0. The van der Waals surface area contributed by atoms with E-state index in [0.717, 1.165) is 30.7 Å². The third kappa shape index (κ3) is 3.78. The van der Waals surface area contributed by atoms with Crippen molar-refractivity contribution in [2.24, 2.45) is 5.92 Å². The van der Waals surface area contributed by atoms with Gasteiger partial charge in [-0.25, -0.2) is 0 Å². The van der Waals surface area contributed by atoms with Gasteiger partial charge in [0.25, 0.3) is 5.91 Å². The normalized spacial score (nSPS) is 18.3. The van der Waals surface area contributed by atoms with Gasteiger partial charge in [0.05, 0.1) is 9.75 Å². The molecule has 0 spiro atoms. The Morgan fingerprint density at radius 2 is 2.23 bits per heavy atom. The van der Waals surface area contributed by atoms with Crippen LogP contribution in [0.5, 0.6) is 0 Å². The Labute approximate surface area is 153 Å². The van der Waals surface area contributed by atoms with Crippen LogP contribution in [0, 0.1) is 12.8 Å². The highest BCUT2D eigenvalue weighted by Gasteiger charge is 2.39. The van der Waals surface area contributed by atoms with E-state index in [1.807, 2.05) is 11.9 Å². The third-order valence-electron chi connectivity index (χ3n) is 4.53. The minimum atomic E-state index is -4.58. The molecule has 1 unspecified atom stereocenters.